The molecule has 0 saturated carbocycles. The molecule has 1 amide bonds. The van der Waals surface area contributed by atoms with Gasteiger partial charge in [-0.2, -0.15) is 4.31 Å². The largest absolute Gasteiger partial charge is 0.486 e. The van der Waals surface area contributed by atoms with Crippen molar-refractivity contribution in [2.24, 2.45) is 0 Å². The van der Waals surface area contributed by atoms with Gasteiger partial charge in [0, 0.05) is 26.3 Å². The number of nitrogens with zero attached hydrogens (tertiary/aromatic N) is 2. The molecule has 2 aliphatic rings. The van der Waals surface area contributed by atoms with Crippen LogP contribution in [-0.4, -0.2) is 82.2 Å². The lowest BCUT2D eigenvalue weighted by Crippen LogP contribution is -2.38. The number of aryl methyl sites for hydroxylation is 2. The standard InChI is InChI=1S/C26H34N2O6S/c1-18-8-9-19(2)23(12-18)26(29)28-14-24(32-4)25(15-28)34-22-7-5-6-20(13-22)17-35(30,31)27(3)21-10-11-33-16-21/h5-9,12-13,21,24-25H,10-11,14-17H2,1-4H3. The van der Waals surface area contributed by atoms with Crippen LogP contribution in [0.4, 0.5) is 0 Å². The maximum Gasteiger partial charge on any atom is 0.254 e. The van der Waals surface area contributed by atoms with Crippen LogP contribution in [0.5, 0.6) is 5.75 Å². The van der Waals surface area contributed by atoms with Gasteiger partial charge in [0.1, 0.15) is 18.0 Å². The monoisotopic (exact) mass is 502 g/mol. The van der Waals surface area contributed by atoms with E-state index < -0.39 is 10.0 Å². The molecule has 3 atom stereocenters. The number of hydrogen-bond acceptors (Lipinski definition) is 6. The summed E-state index contributed by atoms with van der Waals surface area (Å²) in [6, 6.07) is 12.8. The number of carbonyl (C=O) groups excluding carboxylic acids is 1. The molecule has 0 bridgehead atoms. The molecule has 2 aliphatic heterocycles. The number of carbonyl (C=O) groups is 1. The van der Waals surface area contributed by atoms with Gasteiger partial charge in [0.15, 0.2) is 0 Å². The summed E-state index contributed by atoms with van der Waals surface area (Å²) >= 11 is 0. The number of ether oxygens (including phenoxy) is 3. The van der Waals surface area contributed by atoms with E-state index in [4.69, 9.17) is 14.2 Å². The van der Waals surface area contributed by atoms with Crippen molar-refractivity contribution in [2.45, 2.75) is 44.3 Å². The summed E-state index contributed by atoms with van der Waals surface area (Å²) in [5.74, 6) is 0.392. The van der Waals surface area contributed by atoms with Crippen molar-refractivity contribution in [3.05, 3.63) is 64.7 Å². The van der Waals surface area contributed by atoms with E-state index in [-0.39, 0.29) is 29.9 Å². The van der Waals surface area contributed by atoms with Crippen molar-refractivity contribution in [1.82, 2.24) is 9.21 Å². The minimum Gasteiger partial charge on any atom is -0.486 e. The fourth-order valence-electron chi connectivity index (χ4n) is 4.62. The van der Waals surface area contributed by atoms with Gasteiger partial charge in [-0.1, -0.05) is 29.8 Å². The van der Waals surface area contributed by atoms with Crippen molar-refractivity contribution >= 4 is 15.9 Å². The molecule has 0 radical (unpaired) electrons. The van der Waals surface area contributed by atoms with E-state index in [0.29, 0.717) is 49.6 Å². The lowest BCUT2D eigenvalue weighted by atomic mass is 10.0. The average Bonchev–Trinajstić information content (AvgIpc) is 3.50. The Hall–Kier alpha value is -2.46. The summed E-state index contributed by atoms with van der Waals surface area (Å²) in [7, 11) is -0.275. The molecule has 35 heavy (non-hydrogen) atoms. The lowest BCUT2D eigenvalue weighted by Gasteiger charge is -2.23. The second kappa shape index (κ2) is 10.7. The molecule has 2 saturated heterocycles. The molecule has 2 aromatic carbocycles. The third kappa shape index (κ3) is 5.86. The number of likely N-dealkylation sites (tertiary alicyclic amines) is 1. The Morgan fingerprint density at radius 3 is 2.63 bits per heavy atom. The van der Waals surface area contributed by atoms with Crippen molar-refractivity contribution in [1.29, 1.82) is 0 Å². The second-order valence-electron chi connectivity index (χ2n) is 9.40. The Kier molecular flexibility index (Phi) is 7.80. The van der Waals surface area contributed by atoms with Gasteiger partial charge in [-0.15, -0.1) is 0 Å². The van der Waals surface area contributed by atoms with Crippen molar-refractivity contribution in [2.75, 3.05) is 40.5 Å². The molecular formula is C26H34N2O6S. The Morgan fingerprint density at radius 1 is 1.14 bits per heavy atom. The molecule has 2 fully saturated rings. The van der Waals surface area contributed by atoms with Crippen molar-refractivity contribution < 1.29 is 27.4 Å². The zero-order valence-electron chi connectivity index (χ0n) is 20.8. The molecule has 9 heteroatoms. The minimum atomic E-state index is -3.49. The van der Waals surface area contributed by atoms with Gasteiger partial charge < -0.3 is 19.1 Å². The van der Waals surface area contributed by atoms with Crippen LogP contribution in [0.3, 0.4) is 0 Å². The molecule has 0 N–H and O–H groups in total. The lowest BCUT2D eigenvalue weighted by molar-refractivity contribution is 0.0339. The first-order valence-corrected chi connectivity index (χ1v) is 13.5. The highest BCUT2D eigenvalue weighted by molar-refractivity contribution is 7.88. The fraction of sp³-hybridized carbons (Fsp3) is 0.500. The smallest absolute Gasteiger partial charge is 0.254 e. The Morgan fingerprint density at radius 2 is 1.91 bits per heavy atom. The summed E-state index contributed by atoms with van der Waals surface area (Å²) in [5, 5.41) is 0. The summed E-state index contributed by atoms with van der Waals surface area (Å²) in [6.07, 6.45) is 0.0557. The molecule has 0 aromatic heterocycles. The highest BCUT2D eigenvalue weighted by atomic mass is 32.2. The quantitative estimate of drug-likeness (QED) is 0.552. The van der Waals surface area contributed by atoms with Gasteiger partial charge in [0.05, 0.1) is 31.5 Å². The first kappa shape index (κ1) is 25.6. The van der Waals surface area contributed by atoms with E-state index in [1.54, 1.807) is 43.3 Å². The SMILES string of the molecule is COC1CN(C(=O)c2cc(C)ccc2C)CC1Oc1cccc(CS(=O)(=O)N(C)C2CCOC2)c1. The molecular weight excluding hydrogens is 468 g/mol. The highest BCUT2D eigenvalue weighted by Crippen LogP contribution is 2.25. The first-order chi connectivity index (χ1) is 16.7. The van der Waals surface area contributed by atoms with Crippen LogP contribution in [0.1, 0.15) is 33.5 Å². The molecule has 3 unspecified atom stereocenters. The number of amides is 1. The summed E-state index contributed by atoms with van der Waals surface area (Å²) in [6.45, 7) is 5.72. The van der Waals surface area contributed by atoms with Crippen LogP contribution in [0, 0.1) is 13.8 Å². The molecule has 0 aliphatic carbocycles. The predicted octanol–water partition coefficient (Wildman–Crippen LogP) is 2.77. The van der Waals surface area contributed by atoms with Crippen molar-refractivity contribution in [3.63, 3.8) is 0 Å². The van der Waals surface area contributed by atoms with Crippen LogP contribution in [0.15, 0.2) is 42.5 Å². The van der Waals surface area contributed by atoms with Crippen LogP contribution in [-0.2, 0) is 25.2 Å². The topological polar surface area (TPSA) is 85.4 Å². The molecule has 0 spiro atoms. The van der Waals surface area contributed by atoms with Crippen LogP contribution in [0.25, 0.3) is 0 Å². The number of methoxy groups -OCH3 is 1. The van der Waals surface area contributed by atoms with Gasteiger partial charge in [0.2, 0.25) is 10.0 Å². The average molecular weight is 503 g/mol. The number of rotatable bonds is 8. The summed E-state index contributed by atoms with van der Waals surface area (Å²) < 4.78 is 44.4. The number of sulfonamides is 1. The number of likely N-dealkylation sites (N-methyl/N-ethyl adjacent to an activating group) is 1. The van der Waals surface area contributed by atoms with E-state index in [2.05, 4.69) is 0 Å². The Labute approximate surface area is 207 Å². The van der Waals surface area contributed by atoms with Crippen LogP contribution >= 0.6 is 0 Å². The van der Waals surface area contributed by atoms with Gasteiger partial charge >= 0.3 is 0 Å². The van der Waals surface area contributed by atoms with Crippen molar-refractivity contribution in [3.8, 4) is 5.75 Å². The van der Waals surface area contributed by atoms with Gasteiger partial charge in [-0.05, 0) is 49.6 Å². The maximum absolute atomic E-state index is 13.2. The molecule has 2 aromatic rings. The van der Waals surface area contributed by atoms with Crippen LogP contribution < -0.4 is 4.74 Å². The van der Waals surface area contributed by atoms with E-state index in [1.165, 1.54) is 4.31 Å². The summed E-state index contributed by atoms with van der Waals surface area (Å²) in [4.78, 5) is 15.0. The highest BCUT2D eigenvalue weighted by Gasteiger charge is 2.38. The number of benzene rings is 2. The third-order valence-corrected chi connectivity index (χ3v) is 8.70. The van der Waals surface area contributed by atoms with Gasteiger partial charge in [0.25, 0.3) is 5.91 Å². The first-order valence-electron chi connectivity index (χ1n) is 11.9. The maximum atomic E-state index is 13.2. The normalized spacial score (nSPS) is 22.7. The summed E-state index contributed by atoms with van der Waals surface area (Å²) in [5.41, 5.74) is 3.29. The third-order valence-electron chi connectivity index (χ3n) is 6.82. The molecule has 2 heterocycles. The second-order valence-corrected chi connectivity index (χ2v) is 11.4. The molecule has 4 rings (SSSR count). The van der Waals surface area contributed by atoms with Crippen LogP contribution in [0.2, 0.25) is 0 Å². The van der Waals surface area contributed by atoms with E-state index in [0.717, 1.165) is 11.1 Å². The zero-order chi connectivity index (χ0) is 25.2. The van der Waals surface area contributed by atoms with E-state index in [9.17, 15) is 13.2 Å². The van der Waals surface area contributed by atoms with E-state index >= 15 is 0 Å². The Bertz CT molecular complexity index is 1160. The fourth-order valence-corrected chi connectivity index (χ4v) is 6.04. The predicted molar refractivity (Wildman–Crippen MR) is 133 cm³/mol. The van der Waals surface area contributed by atoms with Gasteiger partial charge in [-0.25, -0.2) is 8.42 Å². The van der Waals surface area contributed by atoms with Gasteiger partial charge in [-0.3, -0.25) is 4.79 Å². The number of hydrogen-bond donors (Lipinski definition) is 0. The van der Waals surface area contributed by atoms with E-state index in [1.807, 2.05) is 32.0 Å². The molecule has 8 nitrogen and oxygen atoms in total. The minimum absolute atomic E-state index is 0.0434. The zero-order valence-corrected chi connectivity index (χ0v) is 21.6. The molecule has 190 valence electrons. The Balaban J connectivity index is 1.44.